The Labute approximate surface area is 620 Å². The molecule has 0 amide bonds. The van der Waals surface area contributed by atoms with Gasteiger partial charge in [-0.05, 0) is 116 Å². The molecular weight excluding hydrogens is 1330 g/mol. The zero-order valence-electron chi connectivity index (χ0n) is 64.5. The fraction of sp³-hybridized carbons (Fsp3) is 0.759. The minimum Gasteiger partial charge on any atom is -0.462 e. The van der Waals surface area contributed by atoms with E-state index in [2.05, 4.69) is 107 Å². The van der Waals surface area contributed by atoms with Gasteiger partial charge >= 0.3 is 39.5 Å². The molecule has 0 aromatic rings. The Morgan fingerprint density at radius 3 is 0.853 bits per heavy atom. The summed E-state index contributed by atoms with van der Waals surface area (Å²) in [6.45, 7) is 4.69. The maximum atomic E-state index is 13.1. The first-order chi connectivity index (χ1) is 49.7. The number of hydrogen-bond acceptors (Lipinski definition) is 15. The van der Waals surface area contributed by atoms with Crippen molar-refractivity contribution in [3.63, 3.8) is 0 Å². The quantitative estimate of drug-likeness (QED) is 0.0169. The number of phosphoric acid groups is 2. The predicted octanol–water partition coefficient (Wildman–Crippen LogP) is 23.6. The summed E-state index contributed by atoms with van der Waals surface area (Å²) in [7, 11) is -9.97. The molecule has 0 fully saturated rings. The molecule has 590 valence electrons. The van der Waals surface area contributed by atoms with Crippen molar-refractivity contribution >= 4 is 39.5 Å². The second kappa shape index (κ2) is 75.2. The molecule has 0 aliphatic rings. The van der Waals surface area contributed by atoms with Crippen molar-refractivity contribution in [1.29, 1.82) is 0 Å². The predicted molar refractivity (Wildman–Crippen MR) is 418 cm³/mol. The molecule has 3 N–H and O–H groups in total. The summed E-state index contributed by atoms with van der Waals surface area (Å²) in [6.07, 6.45) is 79.7. The number of phosphoric ester groups is 2. The van der Waals surface area contributed by atoms with Gasteiger partial charge in [-0.1, -0.05) is 305 Å². The second-order valence-electron chi connectivity index (χ2n) is 27.0. The number of hydrogen-bond donors (Lipinski definition) is 3. The topological polar surface area (TPSA) is 237 Å². The molecule has 0 saturated carbocycles. The molecule has 0 bridgehead atoms. The van der Waals surface area contributed by atoms with E-state index in [0.717, 1.165) is 135 Å². The number of esters is 4. The SMILES string of the molecule is CC/C=C\C/C=C\C/C=C\C/C=C\C/C=C\C/C=C\CCC(=O)OC[C@H](COP(=O)(O)OC[C@@H](O)COP(=O)(O)OC[C@@H](COC(=O)CCCCCCCCC/C=C\CCCCCC)OC(=O)CCCCCCC/C=C\CCCCCCCC)OC(=O)CCCCCCCCCCCCCCC. The lowest BCUT2D eigenvalue weighted by molar-refractivity contribution is -0.161. The average Bonchev–Trinajstić information content (AvgIpc) is 0.908. The Balaban J connectivity index is 5.39. The van der Waals surface area contributed by atoms with Crippen LogP contribution in [0.25, 0.3) is 0 Å². The lowest BCUT2D eigenvalue weighted by Gasteiger charge is -2.21. The van der Waals surface area contributed by atoms with E-state index in [1.165, 1.54) is 128 Å². The number of carbonyl (C=O) groups excluding carboxylic acids is 4. The van der Waals surface area contributed by atoms with Crippen LogP contribution in [0.3, 0.4) is 0 Å². The smallest absolute Gasteiger partial charge is 0.462 e. The van der Waals surface area contributed by atoms with Gasteiger partial charge in [-0.25, -0.2) is 9.13 Å². The van der Waals surface area contributed by atoms with Crippen LogP contribution in [0.5, 0.6) is 0 Å². The standard InChI is InChI=1S/C83H146O17P2/c1-5-9-13-17-21-25-29-33-36-37-38-39-42-45-48-52-56-60-64-68-81(86)94-73-78(99-82(87)69-65-61-57-53-49-43-32-28-24-20-16-12-8-4)75-97-101(89,90)95-71-77(84)72-96-102(91,92)98-76-79(100-83(88)70-66-62-58-54-50-46-41-35-31-27-23-19-15-11-7-3)74-93-80(85)67-63-59-55-51-47-44-40-34-30-26-22-18-14-10-6-2/h9,13,21,25-26,30,33,35-36,38-39,41,45,48,56,60,77-79,84H,5-8,10-12,14-20,22-24,27-29,31-32,34,37,40,42-44,46-47,49-55,57-59,61-76H2,1-4H3,(H,89,90)(H,91,92)/b13-9-,25-21-,30-26-,36-33-,39-38-,41-35-,48-45-,60-56-/t77-,78-,79-/m1/s1. The Kier molecular flexibility index (Phi) is 72.3. The van der Waals surface area contributed by atoms with Crippen molar-refractivity contribution in [2.75, 3.05) is 39.6 Å². The molecule has 0 aliphatic carbocycles. The zero-order valence-corrected chi connectivity index (χ0v) is 66.3. The summed E-state index contributed by atoms with van der Waals surface area (Å²) in [4.78, 5) is 73.0. The highest BCUT2D eigenvalue weighted by molar-refractivity contribution is 7.47. The van der Waals surface area contributed by atoms with Crippen molar-refractivity contribution in [2.24, 2.45) is 0 Å². The molecule has 102 heavy (non-hydrogen) atoms. The van der Waals surface area contributed by atoms with Crippen LogP contribution < -0.4 is 0 Å². The summed E-state index contributed by atoms with van der Waals surface area (Å²) in [6, 6.07) is 0. The summed E-state index contributed by atoms with van der Waals surface area (Å²) in [5, 5.41) is 10.6. The maximum absolute atomic E-state index is 13.1. The minimum atomic E-state index is -4.99. The molecule has 0 radical (unpaired) electrons. The van der Waals surface area contributed by atoms with Crippen LogP contribution in [-0.2, 0) is 65.4 Å². The third kappa shape index (κ3) is 74.3. The van der Waals surface area contributed by atoms with Gasteiger partial charge in [-0.2, -0.15) is 0 Å². The maximum Gasteiger partial charge on any atom is 0.472 e. The first-order valence-electron chi connectivity index (χ1n) is 40.5. The van der Waals surface area contributed by atoms with Gasteiger partial charge in [0, 0.05) is 25.7 Å². The van der Waals surface area contributed by atoms with Crippen molar-refractivity contribution in [2.45, 2.75) is 367 Å². The summed E-state index contributed by atoms with van der Waals surface area (Å²) in [5.74, 6) is -2.26. The van der Waals surface area contributed by atoms with E-state index < -0.39 is 97.5 Å². The van der Waals surface area contributed by atoms with E-state index in [1.54, 1.807) is 0 Å². The molecule has 2 unspecified atom stereocenters. The monoisotopic (exact) mass is 1480 g/mol. The third-order valence-corrected chi connectivity index (χ3v) is 18.9. The molecule has 0 aromatic carbocycles. The highest BCUT2D eigenvalue weighted by Gasteiger charge is 2.30. The van der Waals surface area contributed by atoms with Crippen molar-refractivity contribution in [1.82, 2.24) is 0 Å². The number of carbonyl (C=O) groups is 4. The van der Waals surface area contributed by atoms with E-state index in [4.69, 9.17) is 37.0 Å². The molecule has 0 rings (SSSR count). The van der Waals surface area contributed by atoms with Gasteiger partial charge < -0.3 is 33.8 Å². The lowest BCUT2D eigenvalue weighted by atomic mass is 10.0. The fourth-order valence-corrected chi connectivity index (χ4v) is 12.5. The van der Waals surface area contributed by atoms with Crippen LogP contribution >= 0.6 is 15.6 Å². The first-order valence-corrected chi connectivity index (χ1v) is 43.5. The zero-order chi connectivity index (χ0) is 74.6. The highest BCUT2D eigenvalue weighted by atomic mass is 31.2. The number of aliphatic hydroxyl groups excluding tert-OH is 1. The van der Waals surface area contributed by atoms with E-state index >= 15 is 0 Å². The van der Waals surface area contributed by atoms with Crippen LogP contribution in [0.1, 0.15) is 349 Å². The largest absolute Gasteiger partial charge is 0.472 e. The summed E-state index contributed by atoms with van der Waals surface area (Å²) in [5.41, 5.74) is 0. The molecular formula is C83H146O17P2. The minimum absolute atomic E-state index is 0.0380. The number of unbranched alkanes of at least 4 members (excludes halogenated alkanes) is 34. The van der Waals surface area contributed by atoms with E-state index in [9.17, 15) is 43.2 Å². The molecule has 0 saturated heterocycles. The second-order valence-corrected chi connectivity index (χ2v) is 29.9. The normalized spacial score (nSPS) is 14.4. The first kappa shape index (κ1) is 98.0. The number of allylic oxidation sites excluding steroid dienone is 16. The summed E-state index contributed by atoms with van der Waals surface area (Å²) < 4.78 is 68.5. The average molecular weight is 1480 g/mol. The number of rotatable bonds is 76. The molecule has 0 spiro atoms. The van der Waals surface area contributed by atoms with Crippen molar-refractivity contribution in [3.8, 4) is 0 Å². The van der Waals surface area contributed by atoms with Crippen molar-refractivity contribution < 1.29 is 80.2 Å². The van der Waals surface area contributed by atoms with Crippen LogP contribution in [0.15, 0.2) is 97.2 Å². The van der Waals surface area contributed by atoms with Crippen molar-refractivity contribution in [3.05, 3.63) is 97.2 Å². The molecule has 0 aliphatic heterocycles. The van der Waals surface area contributed by atoms with Gasteiger partial charge in [0.25, 0.3) is 0 Å². The Morgan fingerprint density at radius 2 is 0.529 bits per heavy atom. The fourth-order valence-electron chi connectivity index (χ4n) is 10.9. The molecule has 5 atom stereocenters. The molecule has 0 heterocycles. The Bertz CT molecular complexity index is 2310. The van der Waals surface area contributed by atoms with E-state index in [1.807, 2.05) is 18.2 Å². The van der Waals surface area contributed by atoms with Gasteiger partial charge in [0.15, 0.2) is 12.2 Å². The van der Waals surface area contributed by atoms with Crippen LogP contribution in [0.4, 0.5) is 0 Å². The number of aliphatic hydroxyl groups is 1. The third-order valence-electron chi connectivity index (χ3n) is 17.0. The molecule has 0 aromatic heterocycles. The van der Waals surface area contributed by atoms with Gasteiger partial charge in [-0.3, -0.25) is 37.3 Å². The van der Waals surface area contributed by atoms with Gasteiger partial charge in [0.05, 0.1) is 26.4 Å². The van der Waals surface area contributed by atoms with E-state index in [0.29, 0.717) is 32.1 Å². The Morgan fingerprint density at radius 1 is 0.284 bits per heavy atom. The lowest BCUT2D eigenvalue weighted by Crippen LogP contribution is -2.30. The molecule has 19 heteroatoms. The van der Waals surface area contributed by atoms with E-state index in [-0.39, 0.29) is 25.7 Å². The van der Waals surface area contributed by atoms with Gasteiger partial charge in [0.2, 0.25) is 0 Å². The van der Waals surface area contributed by atoms with Gasteiger partial charge in [0.1, 0.15) is 19.3 Å². The van der Waals surface area contributed by atoms with Crippen LogP contribution in [-0.4, -0.2) is 96.7 Å². The molecule has 17 nitrogen and oxygen atoms in total. The van der Waals surface area contributed by atoms with Gasteiger partial charge in [-0.15, -0.1) is 0 Å². The Hall–Kier alpha value is -4.02. The van der Waals surface area contributed by atoms with Crippen LogP contribution in [0.2, 0.25) is 0 Å². The highest BCUT2D eigenvalue weighted by Crippen LogP contribution is 2.45. The van der Waals surface area contributed by atoms with Crippen LogP contribution in [0, 0.1) is 0 Å². The summed E-state index contributed by atoms with van der Waals surface area (Å²) >= 11 is 0. The number of ether oxygens (including phenoxy) is 4.